The highest BCUT2D eigenvalue weighted by atomic mass is 32.1. The smallest absolute Gasteiger partial charge is 0.255 e. The van der Waals surface area contributed by atoms with Crippen molar-refractivity contribution in [3.63, 3.8) is 0 Å². The number of thiazole rings is 1. The van der Waals surface area contributed by atoms with Gasteiger partial charge in [0.1, 0.15) is 10.8 Å². The van der Waals surface area contributed by atoms with Crippen LogP contribution in [0.3, 0.4) is 0 Å². The van der Waals surface area contributed by atoms with Gasteiger partial charge in [0.25, 0.3) is 5.91 Å². The normalized spacial score (nSPS) is 11.0. The van der Waals surface area contributed by atoms with E-state index in [9.17, 15) is 9.59 Å². The maximum atomic E-state index is 12.3. The fraction of sp³-hybridized carbons (Fsp3) is 0.0800. The van der Waals surface area contributed by atoms with Gasteiger partial charge in [0.15, 0.2) is 6.61 Å². The fourth-order valence-electron chi connectivity index (χ4n) is 3.04. The molecule has 0 saturated carbocycles. The zero-order valence-electron chi connectivity index (χ0n) is 17.4. The number of nitrogens with one attached hydrogen (secondary N) is 1. The molecule has 32 heavy (non-hydrogen) atoms. The molecule has 0 aliphatic carbocycles. The number of carbonyl (C=O) groups is 2. The van der Waals surface area contributed by atoms with Crippen molar-refractivity contribution in [2.75, 3.05) is 11.9 Å². The average Bonchev–Trinajstić information content (AvgIpc) is 3.20. The van der Waals surface area contributed by atoms with Gasteiger partial charge >= 0.3 is 0 Å². The van der Waals surface area contributed by atoms with Crippen LogP contribution in [0.4, 0.5) is 5.69 Å². The van der Waals surface area contributed by atoms with Gasteiger partial charge in [-0.15, -0.1) is 11.3 Å². The van der Waals surface area contributed by atoms with E-state index < -0.39 is 5.91 Å². The van der Waals surface area contributed by atoms with Gasteiger partial charge in [-0.25, -0.2) is 4.98 Å². The summed E-state index contributed by atoms with van der Waals surface area (Å²) in [6, 6.07) is 20.9. The van der Waals surface area contributed by atoms with E-state index in [2.05, 4.69) is 24.4 Å². The number of aromatic nitrogens is 1. The maximum absolute atomic E-state index is 12.3. The Bertz CT molecular complexity index is 1290. The third kappa shape index (κ3) is 5.39. The number of benzene rings is 3. The van der Waals surface area contributed by atoms with Crippen LogP contribution in [0.15, 0.2) is 72.8 Å². The summed E-state index contributed by atoms with van der Waals surface area (Å²) in [5.74, 6) is -0.232. The summed E-state index contributed by atoms with van der Waals surface area (Å²) in [6.07, 6.45) is 3.16. The lowest BCUT2D eigenvalue weighted by atomic mass is 10.2. The molecule has 1 aromatic heterocycles. The van der Waals surface area contributed by atoms with Gasteiger partial charge in [-0.05, 0) is 72.7 Å². The van der Waals surface area contributed by atoms with E-state index >= 15 is 0 Å². The number of rotatable bonds is 7. The number of nitrogens with two attached hydrogens (primary N) is 1. The lowest BCUT2D eigenvalue weighted by Crippen LogP contribution is -2.19. The topological polar surface area (TPSA) is 94.3 Å². The van der Waals surface area contributed by atoms with Crippen LogP contribution in [-0.2, 0) is 9.59 Å². The molecule has 0 saturated heterocycles. The van der Waals surface area contributed by atoms with E-state index in [4.69, 9.17) is 15.5 Å². The molecule has 0 atom stereocenters. The molecule has 7 heteroatoms. The molecule has 160 valence electrons. The average molecular weight is 444 g/mol. The summed E-state index contributed by atoms with van der Waals surface area (Å²) in [7, 11) is 0. The number of aryl methyl sites for hydroxylation is 1. The Kier molecular flexibility index (Phi) is 6.28. The Morgan fingerprint density at radius 3 is 2.53 bits per heavy atom. The molecule has 6 nitrogen and oxygen atoms in total. The summed E-state index contributed by atoms with van der Waals surface area (Å²) in [6.45, 7) is 1.90. The molecule has 3 N–H and O–H groups in total. The van der Waals surface area contributed by atoms with Crippen molar-refractivity contribution in [2.45, 2.75) is 6.92 Å². The fourth-order valence-corrected chi connectivity index (χ4v) is 4.11. The highest BCUT2D eigenvalue weighted by Gasteiger charge is 2.07. The van der Waals surface area contributed by atoms with Gasteiger partial charge in [0, 0.05) is 17.3 Å². The molecule has 0 radical (unpaired) electrons. The SMILES string of the molecule is Cc1ccc2nc(-c3ccc(NC(=O)C=Cc4ccc(OCC(N)=O)cc4)cc3)sc2c1. The van der Waals surface area contributed by atoms with Gasteiger partial charge in [-0.3, -0.25) is 9.59 Å². The monoisotopic (exact) mass is 443 g/mol. The molecule has 2 amide bonds. The highest BCUT2D eigenvalue weighted by molar-refractivity contribution is 7.21. The summed E-state index contributed by atoms with van der Waals surface area (Å²) in [5.41, 5.74) is 9.80. The largest absolute Gasteiger partial charge is 0.484 e. The van der Waals surface area contributed by atoms with Crippen molar-refractivity contribution in [3.8, 4) is 16.3 Å². The van der Waals surface area contributed by atoms with E-state index in [-0.39, 0.29) is 12.5 Å². The standard InChI is InChI=1S/C25H21N3O3S/c1-16-2-12-21-22(14-16)32-25(28-21)18-6-8-19(9-7-18)27-24(30)13-5-17-3-10-20(11-4-17)31-15-23(26)29/h2-14H,15H2,1H3,(H2,26,29)(H,27,30). The number of amides is 2. The summed E-state index contributed by atoms with van der Waals surface area (Å²) in [5, 5.41) is 3.80. The number of ether oxygens (including phenoxy) is 1. The number of nitrogens with zero attached hydrogens (tertiary/aromatic N) is 1. The quantitative estimate of drug-likeness (QED) is 0.402. The second-order valence-corrected chi connectivity index (χ2v) is 8.24. The first-order chi connectivity index (χ1) is 15.5. The minimum atomic E-state index is -0.533. The first kappa shape index (κ1) is 21.3. The number of anilines is 1. The van der Waals surface area contributed by atoms with E-state index in [1.807, 2.05) is 30.3 Å². The second-order valence-electron chi connectivity index (χ2n) is 7.21. The molecule has 0 fully saturated rings. The molecule has 3 aromatic carbocycles. The zero-order chi connectivity index (χ0) is 22.5. The van der Waals surface area contributed by atoms with Crippen LogP contribution in [0.2, 0.25) is 0 Å². The van der Waals surface area contributed by atoms with Crippen molar-refractivity contribution in [3.05, 3.63) is 83.9 Å². The van der Waals surface area contributed by atoms with E-state index in [1.165, 1.54) is 11.6 Å². The van der Waals surface area contributed by atoms with Crippen LogP contribution in [0.5, 0.6) is 5.75 Å². The number of primary amides is 1. The van der Waals surface area contributed by atoms with Crippen molar-refractivity contribution in [1.82, 2.24) is 4.98 Å². The minimum absolute atomic E-state index is 0.172. The van der Waals surface area contributed by atoms with Crippen LogP contribution >= 0.6 is 11.3 Å². The number of hydrogen-bond donors (Lipinski definition) is 2. The molecular weight excluding hydrogens is 422 g/mol. The summed E-state index contributed by atoms with van der Waals surface area (Å²) < 4.78 is 6.37. The molecule has 0 aliphatic heterocycles. The summed E-state index contributed by atoms with van der Waals surface area (Å²) in [4.78, 5) is 27.7. The molecular formula is C25H21N3O3S. The lowest BCUT2D eigenvalue weighted by molar-refractivity contribution is -0.120. The number of hydrogen-bond acceptors (Lipinski definition) is 5. The Labute approximate surface area is 189 Å². The highest BCUT2D eigenvalue weighted by Crippen LogP contribution is 2.31. The van der Waals surface area contributed by atoms with Gasteiger partial charge in [-0.2, -0.15) is 0 Å². The van der Waals surface area contributed by atoms with E-state index in [1.54, 1.807) is 41.7 Å². The molecule has 4 rings (SSSR count). The van der Waals surface area contributed by atoms with Crippen LogP contribution < -0.4 is 15.8 Å². The number of fused-ring (bicyclic) bond motifs is 1. The third-order valence-electron chi connectivity index (χ3n) is 4.63. The lowest BCUT2D eigenvalue weighted by Gasteiger charge is -2.04. The molecule has 0 spiro atoms. The van der Waals surface area contributed by atoms with Crippen LogP contribution in [0.25, 0.3) is 26.9 Å². The van der Waals surface area contributed by atoms with Gasteiger partial charge in [0.05, 0.1) is 10.2 Å². The minimum Gasteiger partial charge on any atom is -0.484 e. The molecule has 0 aliphatic rings. The van der Waals surface area contributed by atoms with Crippen molar-refractivity contribution in [2.24, 2.45) is 5.73 Å². The predicted molar refractivity (Wildman–Crippen MR) is 129 cm³/mol. The molecule has 0 unspecified atom stereocenters. The van der Waals surface area contributed by atoms with Gasteiger partial charge in [-0.1, -0.05) is 18.2 Å². The first-order valence-corrected chi connectivity index (χ1v) is 10.8. The predicted octanol–water partition coefficient (Wildman–Crippen LogP) is 4.79. The Morgan fingerprint density at radius 2 is 1.81 bits per heavy atom. The van der Waals surface area contributed by atoms with Crippen LogP contribution in [-0.4, -0.2) is 23.4 Å². The van der Waals surface area contributed by atoms with Gasteiger partial charge < -0.3 is 15.8 Å². The molecule has 1 heterocycles. The summed E-state index contributed by atoms with van der Waals surface area (Å²) >= 11 is 1.65. The Hall–Kier alpha value is -3.97. The van der Waals surface area contributed by atoms with Crippen LogP contribution in [0.1, 0.15) is 11.1 Å². The van der Waals surface area contributed by atoms with Crippen LogP contribution in [0, 0.1) is 6.92 Å². The Morgan fingerprint density at radius 1 is 1.06 bits per heavy atom. The van der Waals surface area contributed by atoms with Crippen molar-refractivity contribution in [1.29, 1.82) is 0 Å². The van der Waals surface area contributed by atoms with Crippen molar-refractivity contribution >= 4 is 45.1 Å². The first-order valence-electron chi connectivity index (χ1n) is 9.94. The van der Waals surface area contributed by atoms with Gasteiger partial charge in [0.2, 0.25) is 5.91 Å². The van der Waals surface area contributed by atoms with E-state index in [0.29, 0.717) is 11.4 Å². The van der Waals surface area contributed by atoms with E-state index in [0.717, 1.165) is 26.4 Å². The van der Waals surface area contributed by atoms with Crippen molar-refractivity contribution < 1.29 is 14.3 Å². The maximum Gasteiger partial charge on any atom is 0.255 e. The second kappa shape index (κ2) is 9.45. The molecule has 0 bridgehead atoms. The third-order valence-corrected chi connectivity index (χ3v) is 5.70. The number of carbonyl (C=O) groups excluding carboxylic acids is 2. The Balaban J connectivity index is 1.36. The zero-order valence-corrected chi connectivity index (χ0v) is 18.2. The molecule has 4 aromatic rings.